The van der Waals surface area contributed by atoms with Crippen LogP contribution in [0.25, 0.3) is 0 Å². The van der Waals surface area contributed by atoms with Gasteiger partial charge in [-0.15, -0.1) is 0 Å². The summed E-state index contributed by atoms with van der Waals surface area (Å²) in [6, 6.07) is 9.87. The van der Waals surface area contributed by atoms with Gasteiger partial charge < -0.3 is 0 Å². The maximum atomic E-state index is 2.68. The Kier molecular flexibility index (Phi) is 2.73. The molecule has 1 nitrogen and oxygen atoms in total. The highest BCUT2D eigenvalue weighted by atomic mass is 127. The summed E-state index contributed by atoms with van der Waals surface area (Å²) in [5.41, 5.74) is 1.47. The first kappa shape index (κ1) is 10.1. The molecule has 2 fully saturated rings. The maximum Gasteiger partial charge on any atom is 0.0236 e. The summed E-state index contributed by atoms with van der Waals surface area (Å²) in [5.74, 6) is 1.01. The SMILES string of the molecule is Ic1ccc(CN2CC3CCC2C3)cc1. The van der Waals surface area contributed by atoms with Gasteiger partial charge in [0.25, 0.3) is 0 Å². The predicted octanol–water partition coefficient (Wildman–Crippen LogP) is 3.28. The molecule has 2 heteroatoms. The van der Waals surface area contributed by atoms with Gasteiger partial charge in [0.2, 0.25) is 0 Å². The number of rotatable bonds is 2. The van der Waals surface area contributed by atoms with Crippen LogP contribution < -0.4 is 0 Å². The van der Waals surface area contributed by atoms with E-state index in [1.807, 2.05) is 0 Å². The van der Waals surface area contributed by atoms with Gasteiger partial charge in [0.1, 0.15) is 0 Å². The Morgan fingerprint density at radius 2 is 2.00 bits per heavy atom. The molecule has 0 aromatic heterocycles. The van der Waals surface area contributed by atoms with Gasteiger partial charge in [-0.2, -0.15) is 0 Å². The molecule has 0 radical (unpaired) electrons. The van der Waals surface area contributed by atoms with Crippen LogP contribution in [0.2, 0.25) is 0 Å². The van der Waals surface area contributed by atoms with Crippen LogP contribution in [-0.4, -0.2) is 17.5 Å². The zero-order valence-corrected chi connectivity index (χ0v) is 11.0. The zero-order chi connectivity index (χ0) is 10.3. The number of hydrogen-bond donors (Lipinski definition) is 0. The fourth-order valence-electron chi connectivity index (χ4n) is 3.04. The highest BCUT2D eigenvalue weighted by Crippen LogP contribution is 2.38. The summed E-state index contributed by atoms with van der Waals surface area (Å²) in [6.45, 7) is 2.51. The molecule has 1 aromatic carbocycles. The lowest BCUT2D eigenvalue weighted by atomic mass is 10.1. The van der Waals surface area contributed by atoms with Crippen molar-refractivity contribution in [1.29, 1.82) is 0 Å². The summed E-state index contributed by atoms with van der Waals surface area (Å²) in [6.07, 6.45) is 4.38. The highest BCUT2D eigenvalue weighted by Gasteiger charge is 2.37. The van der Waals surface area contributed by atoms with Crippen LogP contribution in [0.1, 0.15) is 24.8 Å². The number of halogens is 1. The minimum atomic E-state index is 0.897. The van der Waals surface area contributed by atoms with Crippen LogP contribution in [0.3, 0.4) is 0 Å². The first-order valence-electron chi connectivity index (χ1n) is 5.80. The number of likely N-dealkylation sites (tertiary alicyclic amines) is 1. The number of piperidine rings is 1. The van der Waals surface area contributed by atoms with E-state index in [1.165, 1.54) is 34.9 Å². The van der Waals surface area contributed by atoms with Crippen molar-refractivity contribution in [2.45, 2.75) is 31.8 Å². The molecule has 1 heterocycles. The maximum absolute atomic E-state index is 2.68. The van der Waals surface area contributed by atoms with E-state index in [4.69, 9.17) is 0 Å². The predicted molar refractivity (Wildman–Crippen MR) is 70.7 cm³/mol. The minimum Gasteiger partial charge on any atom is -0.296 e. The van der Waals surface area contributed by atoms with Gasteiger partial charge in [0.15, 0.2) is 0 Å². The van der Waals surface area contributed by atoms with E-state index in [1.54, 1.807) is 0 Å². The first-order chi connectivity index (χ1) is 7.31. The van der Waals surface area contributed by atoms with Crippen molar-refractivity contribution in [2.24, 2.45) is 5.92 Å². The molecule has 0 spiro atoms. The molecule has 1 saturated carbocycles. The molecule has 2 unspecified atom stereocenters. The van der Waals surface area contributed by atoms with Crippen molar-refractivity contribution in [3.05, 3.63) is 33.4 Å². The van der Waals surface area contributed by atoms with E-state index in [0.717, 1.165) is 18.5 Å². The lowest BCUT2D eigenvalue weighted by molar-refractivity contribution is 0.205. The molecule has 0 amide bonds. The molecule has 80 valence electrons. The Morgan fingerprint density at radius 1 is 1.20 bits per heavy atom. The lowest BCUT2D eigenvalue weighted by Gasteiger charge is -2.26. The standard InChI is InChI=1S/C13H16IN/c14-12-4-1-10(2-5-12)8-15-9-11-3-6-13(15)7-11/h1-2,4-5,11,13H,3,6-9H2. The van der Waals surface area contributed by atoms with Gasteiger partial charge >= 0.3 is 0 Å². The van der Waals surface area contributed by atoms with Crippen molar-refractivity contribution < 1.29 is 0 Å². The summed E-state index contributed by atoms with van der Waals surface area (Å²) < 4.78 is 1.33. The molecule has 1 saturated heterocycles. The third-order valence-electron chi connectivity index (χ3n) is 3.82. The molecule has 15 heavy (non-hydrogen) atoms. The Balaban J connectivity index is 1.68. The van der Waals surface area contributed by atoms with Gasteiger partial charge in [-0.3, -0.25) is 4.90 Å². The number of nitrogens with zero attached hydrogens (tertiary/aromatic N) is 1. The van der Waals surface area contributed by atoms with Gasteiger partial charge in [0.05, 0.1) is 0 Å². The quantitative estimate of drug-likeness (QED) is 0.758. The lowest BCUT2D eigenvalue weighted by Crippen LogP contribution is -2.31. The molecular weight excluding hydrogens is 297 g/mol. The van der Waals surface area contributed by atoms with Crippen LogP contribution in [0.15, 0.2) is 24.3 Å². The van der Waals surface area contributed by atoms with Crippen molar-refractivity contribution >= 4 is 22.6 Å². The van der Waals surface area contributed by atoms with E-state index in [0.29, 0.717) is 0 Å². The first-order valence-corrected chi connectivity index (χ1v) is 6.87. The summed E-state index contributed by atoms with van der Waals surface area (Å²) in [4.78, 5) is 2.68. The Labute approximate surface area is 105 Å². The highest BCUT2D eigenvalue weighted by molar-refractivity contribution is 14.1. The smallest absolute Gasteiger partial charge is 0.0236 e. The van der Waals surface area contributed by atoms with Crippen molar-refractivity contribution in [1.82, 2.24) is 4.90 Å². The van der Waals surface area contributed by atoms with Crippen LogP contribution in [0.4, 0.5) is 0 Å². The largest absolute Gasteiger partial charge is 0.296 e. The summed E-state index contributed by atoms with van der Waals surface area (Å²) in [5, 5.41) is 0. The van der Waals surface area contributed by atoms with Crippen LogP contribution in [-0.2, 0) is 6.54 Å². The second kappa shape index (κ2) is 4.06. The van der Waals surface area contributed by atoms with Crippen LogP contribution in [0, 0.1) is 9.49 Å². The van der Waals surface area contributed by atoms with Gasteiger partial charge in [-0.05, 0) is 65.5 Å². The molecule has 2 atom stereocenters. The third-order valence-corrected chi connectivity index (χ3v) is 4.54. The van der Waals surface area contributed by atoms with E-state index >= 15 is 0 Å². The molecule has 2 aliphatic rings. The van der Waals surface area contributed by atoms with E-state index in [2.05, 4.69) is 51.8 Å². The zero-order valence-electron chi connectivity index (χ0n) is 8.82. The molecule has 3 rings (SSSR count). The van der Waals surface area contributed by atoms with Crippen molar-refractivity contribution in [2.75, 3.05) is 6.54 Å². The van der Waals surface area contributed by atoms with Crippen molar-refractivity contribution in [3.63, 3.8) is 0 Å². The van der Waals surface area contributed by atoms with E-state index in [9.17, 15) is 0 Å². The van der Waals surface area contributed by atoms with Crippen LogP contribution in [0.5, 0.6) is 0 Å². The van der Waals surface area contributed by atoms with Gasteiger partial charge in [-0.25, -0.2) is 0 Å². The number of benzene rings is 1. The Bertz CT molecular complexity index is 346. The average molecular weight is 313 g/mol. The Hall–Kier alpha value is -0.0900. The van der Waals surface area contributed by atoms with E-state index < -0.39 is 0 Å². The fraction of sp³-hybridized carbons (Fsp3) is 0.538. The Morgan fingerprint density at radius 3 is 2.60 bits per heavy atom. The molecule has 0 N–H and O–H groups in total. The van der Waals surface area contributed by atoms with E-state index in [-0.39, 0.29) is 0 Å². The van der Waals surface area contributed by atoms with Crippen LogP contribution >= 0.6 is 22.6 Å². The molecule has 1 aliphatic heterocycles. The van der Waals surface area contributed by atoms with Gasteiger partial charge in [0, 0.05) is 22.7 Å². The fourth-order valence-corrected chi connectivity index (χ4v) is 3.40. The molecule has 2 bridgehead atoms. The van der Waals surface area contributed by atoms with Crippen molar-refractivity contribution in [3.8, 4) is 0 Å². The second-order valence-electron chi connectivity index (χ2n) is 4.89. The number of fused-ring (bicyclic) bond motifs is 2. The monoisotopic (exact) mass is 313 g/mol. The molecular formula is C13H16IN. The molecule has 1 aliphatic carbocycles. The van der Waals surface area contributed by atoms with Gasteiger partial charge in [-0.1, -0.05) is 12.1 Å². The normalized spacial score (nSPS) is 29.9. The molecule has 1 aromatic rings. The summed E-state index contributed by atoms with van der Waals surface area (Å²) >= 11 is 2.37. The average Bonchev–Trinajstić information content (AvgIpc) is 2.83. The minimum absolute atomic E-state index is 0.897. The third kappa shape index (κ3) is 2.07. The topological polar surface area (TPSA) is 3.24 Å². The number of hydrogen-bond acceptors (Lipinski definition) is 1. The second-order valence-corrected chi connectivity index (χ2v) is 6.13. The summed E-state index contributed by atoms with van der Waals surface area (Å²) in [7, 11) is 0.